The lowest BCUT2D eigenvalue weighted by molar-refractivity contribution is 0.189. The van der Waals surface area contributed by atoms with E-state index in [0.29, 0.717) is 0 Å². The van der Waals surface area contributed by atoms with Crippen molar-refractivity contribution in [2.24, 2.45) is 7.05 Å². The van der Waals surface area contributed by atoms with Crippen LogP contribution in [0.15, 0.2) is 30.7 Å². The number of likely N-dealkylation sites (tertiary alicyclic amines) is 1. The molecule has 0 saturated carbocycles. The zero-order valence-electron chi connectivity index (χ0n) is 15.3. The molecule has 2 aromatic heterocycles. The van der Waals surface area contributed by atoms with E-state index in [1.54, 1.807) is 17.1 Å². The smallest absolute Gasteiger partial charge is 0.317 e. The third-order valence-corrected chi connectivity index (χ3v) is 4.75. The number of nitrogens with one attached hydrogen (secondary N) is 1. The van der Waals surface area contributed by atoms with E-state index < -0.39 is 0 Å². The summed E-state index contributed by atoms with van der Waals surface area (Å²) in [6.07, 6.45) is 9.81. The highest BCUT2D eigenvalue weighted by Crippen LogP contribution is 2.31. The SMILES string of the molecule is CC(C)c1nn(C)cc1NC(=O)N1CCCCC[C@@H]1c1ccncc1. The minimum Gasteiger partial charge on any atom is -0.317 e. The number of carbonyl (C=O) groups excluding carboxylic acids is 1. The van der Waals surface area contributed by atoms with Crippen LogP contribution in [-0.4, -0.2) is 32.2 Å². The first kappa shape index (κ1) is 17.5. The number of anilines is 1. The van der Waals surface area contributed by atoms with Crippen molar-refractivity contribution in [3.05, 3.63) is 42.0 Å². The highest BCUT2D eigenvalue weighted by atomic mass is 16.2. The Morgan fingerprint density at radius 2 is 2.00 bits per heavy atom. The van der Waals surface area contributed by atoms with Gasteiger partial charge in [0.05, 0.1) is 17.4 Å². The summed E-state index contributed by atoms with van der Waals surface area (Å²) in [5.41, 5.74) is 2.88. The Kier molecular flexibility index (Phi) is 5.36. The van der Waals surface area contributed by atoms with Gasteiger partial charge in [-0.05, 0) is 36.5 Å². The van der Waals surface area contributed by atoms with Gasteiger partial charge in [-0.3, -0.25) is 9.67 Å². The van der Waals surface area contributed by atoms with Crippen molar-refractivity contribution in [3.63, 3.8) is 0 Å². The lowest BCUT2D eigenvalue weighted by Gasteiger charge is -2.30. The fourth-order valence-corrected chi connectivity index (χ4v) is 3.50. The maximum absolute atomic E-state index is 13.1. The predicted molar refractivity (Wildman–Crippen MR) is 98.5 cm³/mol. The van der Waals surface area contributed by atoms with E-state index >= 15 is 0 Å². The largest absolute Gasteiger partial charge is 0.322 e. The molecule has 1 aliphatic heterocycles. The van der Waals surface area contributed by atoms with Crippen LogP contribution in [0.5, 0.6) is 0 Å². The standard InChI is InChI=1S/C19H27N5O/c1-14(2)18-16(13-23(3)22-18)21-19(25)24-12-6-4-5-7-17(24)15-8-10-20-11-9-15/h8-11,13-14,17H,4-7,12H2,1-3H3,(H,21,25)/t17-/m1/s1. The first-order valence-electron chi connectivity index (χ1n) is 9.07. The van der Waals surface area contributed by atoms with Crippen molar-refractivity contribution in [3.8, 4) is 0 Å². The van der Waals surface area contributed by atoms with E-state index in [4.69, 9.17) is 0 Å². The van der Waals surface area contributed by atoms with Gasteiger partial charge in [-0.15, -0.1) is 0 Å². The monoisotopic (exact) mass is 341 g/mol. The number of carbonyl (C=O) groups is 1. The Morgan fingerprint density at radius 1 is 1.24 bits per heavy atom. The fraction of sp³-hybridized carbons (Fsp3) is 0.526. The average Bonchev–Trinajstić information content (AvgIpc) is 2.82. The van der Waals surface area contributed by atoms with Crippen LogP contribution in [0, 0.1) is 0 Å². The molecule has 1 fully saturated rings. The molecule has 3 heterocycles. The van der Waals surface area contributed by atoms with Gasteiger partial charge in [-0.25, -0.2) is 4.79 Å². The molecule has 0 bridgehead atoms. The molecular formula is C19H27N5O. The minimum atomic E-state index is -0.0430. The fourth-order valence-electron chi connectivity index (χ4n) is 3.50. The summed E-state index contributed by atoms with van der Waals surface area (Å²) >= 11 is 0. The Bertz CT molecular complexity index is 710. The van der Waals surface area contributed by atoms with Crippen LogP contribution < -0.4 is 5.32 Å². The molecule has 0 radical (unpaired) electrons. The van der Waals surface area contributed by atoms with Crippen LogP contribution in [0.3, 0.4) is 0 Å². The average molecular weight is 341 g/mol. The molecule has 0 aliphatic carbocycles. The van der Waals surface area contributed by atoms with Crippen molar-refractivity contribution < 1.29 is 4.79 Å². The van der Waals surface area contributed by atoms with Gasteiger partial charge in [0, 0.05) is 32.2 Å². The van der Waals surface area contributed by atoms with E-state index in [-0.39, 0.29) is 18.0 Å². The van der Waals surface area contributed by atoms with E-state index in [0.717, 1.165) is 49.2 Å². The van der Waals surface area contributed by atoms with Crippen molar-refractivity contribution in [1.29, 1.82) is 0 Å². The van der Waals surface area contributed by atoms with Gasteiger partial charge in [0.1, 0.15) is 0 Å². The number of nitrogens with zero attached hydrogens (tertiary/aromatic N) is 4. The van der Waals surface area contributed by atoms with Crippen LogP contribution in [-0.2, 0) is 7.05 Å². The molecule has 2 aromatic rings. The Morgan fingerprint density at radius 3 is 2.72 bits per heavy atom. The number of amides is 2. The van der Waals surface area contributed by atoms with E-state index in [1.807, 2.05) is 30.3 Å². The number of rotatable bonds is 3. The molecular weight excluding hydrogens is 314 g/mol. The van der Waals surface area contributed by atoms with E-state index in [1.165, 1.54) is 0 Å². The van der Waals surface area contributed by atoms with Crippen molar-refractivity contribution >= 4 is 11.7 Å². The Labute approximate surface area is 149 Å². The first-order chi connectivity index (χ1) is 12.1. The summed E-state index contributed by atoms with van der Waals surface area (Å²) < 4.78 is 1.76. The molecule has 1 atom stereocenters. The number of pyridine rings is 1. The van der Waals surface area contributed by atoms with Crippen molar-refractivity contribution in [1.82, 2.24) is 19.7 Å². The van der Waals surface area contributed by atoms with Gasteiger partial charge in [0.2, 0.25) is 0 Å². The zero-order chi connectivity index (χ0) is 17.8. The highest BCUT2D eigenvalue weighted by molar-refractivity contribution is 5.90. The third-order valence-electron chi connectivity index (χ3n) is 4.75. The molecule has 1 saturated heterocycles. The van der Waals surface area contributed by atoms with Crippen LogP contribution in [0.25, 0.3) is 0 Å². The lowest BCUT2D eigenvalue weighted by Crippen LogP contribution is -2.38. The van der Waals surface area contributed by atoms with Crippen LogP contribution in [0.2, 0.25) is 0 Å². The normalized spacial score (nSPS) is 18.2. The number of hydrogen-bond acceptors (Lipinski definition) is 3. The Hall–Kier alpha value is -2.37. The van der Waals surface area contributed by atoms with E-state index in [9.17, 15) is 4.79 Å². The predicted octanol–water partition coefficient (Wildman–Crippen LogP) is 4.09. The molecule has 6 nitrogen and oxygen atoms in total. The summed E-state index contributed by atoms with van der Waals surface area (Å²) in [7, 11) is 1.88. The number of urea groups is 1. The van der Waals surface area contributed by atoms with Gasteiger partial charge in [-0.1, -0.05) is 26.7 Å². The second-order valence-corrected chi connectivity index (χ2v) is 7.03. The van der Waals surface area contributed by atoms with Gasteiger partial charge >= 0.3 is 6.03 Å². The van der Waals surface area contributed by atoms with Crippen LogP contribution in [0.4, 0.5) is 10.5 Å². The zero-order valence-corrected chi connectivity index (χ0v) is 15.3. The molecule has 3 rings (SSSR count). The number of hydrogen-bond donors (Lipinski definition) is 1. The van der Waals surface area contributed by atoms with Crippen LogP contribution in [0.1, 0.15) is 62.7 Å². The molecule has 0 unspecified atom stereocenters. The van der Waals surface area contributed by atoms with E-state index in [2.05, 4.69) is 29.2 Å². The van der Waals surface area contributed by atoms with Gasteiger partial charge in [0.25, 0.3) is 0 Å². The molecule has 0 aromatic carbocycles. The first-order valence-corrected chi connectivity index (χ1v) is 9.07. The molecule has 0 spiro atoms. The third kappa shape index (κ3) is 4.00. The van der Waals surface area contributed by atoms with Gasteiger partial charge in [-0.2, -0.15) is 5.10 Å². The van der Waals surface area contributed by atoms with Crippen LogP contribution >= 0.6 is 0 Å². The highest BCUT2D eigenvalue weighted by Gasteiger charge is 2.27. The second-order valence-electron chi connectivity index (χ2n) is 7.03. The molecule has 25 heavy (non-hydrogen) atoms. The minimum absolute atomic E-state index is 0.0430. The summed E-state index contributed by atoms with van der Waals surface area (Å²) in [4.78, 5) is 19.1. The summed E-state index contributed by atoms with van der Waals surface area (Å²) in [6.45, 7) is 4.95. The molecule has 2 amide bonds. The molecule has 1 aliphatic rings. The molecule has 1 N–H and O–H groups in total. The van der Waals surface area contributed by atoms with Crippen molar-refractivity contribution in [2.45, 2.75) is 51.5 Å². The summed E-state index contributed by atoms with van der Waals surface area (Å²) in [5, 5.41) is 7.58. The summed E-state index contributed by atoms with van der Waals surface area (Å²) in [5.74, 6) is 0.261. The van der Waals surface area contributed by atoms with Gasteiger partial charge < -0.3 is 10.2 Å². The lowest BCUT2D eigenvalue weighted by atomic mass is 10.0. The maximum Gasteiger partial charge on any atom is 0.322 e. The number of aryl methyl sites for hydroxylation is 1. The molecule has 134 valence electrons. The second kappa shape index (κ2) is 7.68. The Balaban J connectivity index is 1.83. The molecule has 6 heteroatoms. The summed E-state index contributed by atoms with van der Waals surface area (Å²) in [6, 6.07) is 4.09. The van der Waals surface area contributed by atoms with Gasteiger partial charge in [0.15, 0.2) is 0 Å². The maximum atomic E-state index is 13.1. The quantitative estimate of drug-likeness (QED) is 0.914. The topological polar surface area (TPSA) is 63.1 Å². The van der Waals surface area contributed by atoms with Crippen molar-refractivity contribution in [2.75, 3.05) is 11.9 Å². The number of aromatic nitrogens is 3.